The SMILES string of the molecule is CCOC(=O)C1=C(C)NC(=O)N[C@@H]1c1ccc(N(CC)CC)cc1. The molecule has 2 rings (SSSR count). The van der Waals surface area contributed by atoms with Gasteiger partial charge in [0.2, 0.25) is 0 Å². The molecular formula is C18H25N3O3. The average molecular weight is 331 g/mol. The van der Waals surface area contributed by atoms with Gasteiger partial charge >= 0.3 is 12.0 Å². The summed E-state index contributed by atoms with van der Waals surface area (Å²) in [6.07, 6.45) is 0. The molecular weight excluding hydrogens is 306 g/mol. The van der Waals surface area contributed by atoms with Gasteiger partial charge in [0, 0.05) is 24.5 Å². The molecule has 130 valence electrons. The standard InChI is InChI=1S/C18H25N3O3/c1-5-21(6-2)14-10-8-13(9-11-14)16-15(17(22)24-7-3)12(4)19-18(23)20-16/h8-11,16H,5-7H2,1-4H3,(H2,19,20,23)/t16-/m1/s1. The van der Waals surface area contributed by atoms with Crippen molar-refractivity contribution in [2.45, 2.75) is 33.7 Å². The van der Waals surface area contributed by atoms with Gasteiger partial charge in [0.15, 0.2) is 0 Å². The molecule has 2 N–H and O–H groups in total. The fraction of sp³-hybridized carbons (Fsp3) is 0.444. The number of ether oxygens (including phenoxy) is 1. The van der Waals surface area contributed by atoms with Crippen molar-refractivity contribution in [1.82, 2.24) is 10.6 Å². The molecule has 1 heterocycles. The molecule has 0 saturated heterocycles. The summed E-state index contributed by atoms with van der Waals surface area (Å²) in [5.41, 5.74) is 2.92. The fourth-order valence-corrected chi connectivity index (χ4v) is 2.89. The molecule has 1 atom stereocenters. The van der Waals surface area contributed by atoms with Crippen LogP contribution >= 0.6 is 0 Å². The molecule has 6 nitrogen and oxygen atoms in total. The number of rotatable bonds is 6. The molecule has 0 spiro atoms. The highest BCUT2D eigenvalue weighted by Crippen LogP contribution is 2.29. The van der Waals surface area contributed by atoms with Crippen molar-refractivity contribution in [2.24, 2.45) is 0 Å². The Kier molecular flexibility index (Phi) is 5.84. The van der Waals surface area contributed by atoms with Crippen molar-refractivity contribution in [3.63, 3.8) is 0 Å². The molecule has 0 aromatic heterocycles. The lowest BCUT2D eigenvalue weighted by Crippen LogP contribution is -2.45. The van der Waals surface area contributed by atoms with Gasteiger partial charge in [-0.05, 0) is 45.4 Å². The van der Waals surface area contributed by atoms with E-state index < -0.39 is 12.0 Å². The number of nitrogens with one attached hydrogen (secondary N) is 2. The second kappa shape index (κ2) is 7.86. The van der Waals surface area contributed by atoms with Crippen LogP contribution in [0.15, 0.2) is 35.5 Å². The number of amides is 2. The Morgan fingerprint density at radius 2 is 1.79 bits per heavy atom. The predicted molar refractivity (Wildman–Crippen MR) is 93.7 cm³/mol. The molecule has 6 heteroatoms. The van der Waals surface area contributed by atoms with E-state index >= 15 is 0 Å². The van der Waals surface area contributed by atoms with Crippen LogP contribution in [0.2, 0.25) is 0 Å². The van der Waals surface area contributed by atoms with Crippen molar-refractivity contribution < 1.29 is 14.3 Å². The first-order valence-corrected chi connectivity index (χ1v) is 8.32. The van der Waals surface area contributed by atoms with Crippen LogP contribution in [0.5, 0.6) is 0 Å². The highest BCUT2D eigenvalue weighted by molar-refractivity contribution is 5.95. The fourth-order valence-electron chi connectivity index (χ4n) is 2.89. The first kappa shape index (κ1) is 17.8. The molecule has 24 heavy (non-hydrogen) atoms. The molecule has 1 aromatic carbocycles. The quantitative estimate of drug-likeness (QED) is 0.786. The van der Waals surface area contributed by atoms with E-state index in [0.717, 1.165) is 24.3 Å². The molecule has 0 aliphatic carbocycles. The summed E-state index contributed by atoms with van der Waals surface area (Å²) in [7, 11) is 0. The monoisotopic (exact) mass is 331 g/mol. The summed E-state index contributed by atoms with van der Waals surface area (Å²) in [6, 6.07) is 7.07. The minimum absolute atomic E-state index is 0.289. The van der Waals surface area contributed by atoms with Crippen molar-refractivity contribution in [1.29, 1.82) is 0 Å². The summed E-state index contributed by atoms with van der Waals surface area (Å²) >= 11 is 0. The van der Waals surface area contributed by atoms with E-state index in [1.54, 1.807) is 13.8 Å². The minimum Gasteiger partial charge on any atom is -0.463 e. The van der Waals surface area contributed by atoms with Crippen molar-refractivity contribution in [3.8, 4) is 0 Å². The molecule has 1 aromatic rings. The molecule has 0 bridgehead atoms. The molecule has 1 aliphatic heterocycles. The number of allylic oxidation sites excluding steroid dienone is 1. The summed E-state index contributed by atoms with van der Waals surface area (Å²) in [5, 5.41) is 5.44. The average Bonchev–Trinajstić information content (AvgIpc) is 2.56. The van der Waals surface area contributed by atoms with E-state index in [1.807, 2.05) is 24.3 Å². The lowest BCUT2D eigenvalue weighted by atomic mass is 9.95. The first-order valence-electron chi connectivity index (χ1n) is 8.32. The Morgan fingerprint density at radius 3 is 2.33 bits per heavy atom. The van der Waals surface area contributed by atoms with E-state index in [0.29, 0.717) is 11.3 Å². The van der Waals surface area contributed by atoms with Gasteiger partial charge < -0.3 is 20.3 Å². The second-order valence-corrected chi connectivity index (χ2v) is 5.55. The number of nitrogens with zero attached hydrogens (tertiary/aromatic N) is 1. The third kappa shape index (κ3) is 3.69. The Hall–Kier alpha value is -2.50. The maximum Gasteiger partial charge on any atom is 0.338 e. The number of hydrogen-bond acceptors (Lipinski definition) is 4. The van der Waals surface area contributed by atoms with Gasteiger partial charge in [-0.25, -0.2) is 9.59 Å². The summed E-state index contributed by atoms with van der Waals surface area (Å²) in [5.74, 6) is -0.416. The van der Waals surface area contributed by atoms with Gasteiger partial charge in [0.25, 0.3) is 0 Å². The van der Waals surface area contributed by atoms with Gasteiger partial charge in [0.1, 0.15) is 0 Å². The molecule has 0 fully saturated rings. The molecule has 1 aliphatic rings. The molecule has 0 saturated carbocycles. The van der Waals surface area contributed by atoms with Crippen LogP contribution in [0.4, 0.5) is 10.5 Å². The van der Waals surface area contributed by atoms with Crippen LogP contribution in [0.3, 0.4) is 0 Å². The number of hydrogen-bond donors (Lipinski definition) is 2. The Morgan fingerprint density at radius 1 is 1.17 bits per heavy atom. The van der Waals surface area contributed by atoms with E-state index in [9.17, 15) is 9.59 Å². The van der Waals surface area contributed by atoms with Gasteiger partial charge in [-0.15, -0.1) is 0 Å². The van der Waals surface area contributed by atoms with E-state index in [4.69, 9.17) is 4.74 Å². The summed E-state index contributed by atoms with van der Waals surface area (Å²) < 4.78 is 5.14. The van der Waals surface area contributed by atoms with Gasteiger partial charge in [-0.1, -0.05) is 12.1 Å². The van der Waals surface area contributed by atoms with E-state index in [2.05, 4.69) is 29.4 Å². The Bertz CT molecular complexity index is 633. The van der Waals surface area contributed by atoms with Crippen LogP contribution in [0.25, 0.3) is 0 Å². The smallest absolute Gasteiger partial charge is 0.338 e. The summed E-state index contributed by atoms with van der Waals surface area (Å²) in [4.78, 5) is 26.4. The number of urea groups is 1. The maximum atomic E-state index is 12.3. The zero-order valence-corrected chi connectivity index (χ0v) is 14.7. The third-order valence-electron chi connectivity index (χ3n) is 4.12. The lowest BCUT2D eigenvalue weighted by molar-refractivity contribution is -0.139. The van der Waals surface area contributed by atoms with Crippen LogP contribution in [-0.4, -0.2) is 31.7 Å². The highest BCUT2D eigenvalue weighted by atomic mass is 16.5. The largest absolute Gasteiger partial charge is 0.463 e. The van der Waals surface area contributed by atoms with Crippen molar-refractivity contribution in [2.75, 3.05) is 24.6 Å². The topological polar surface area (TPSA) is 70.7 Å². The van der Waals surface area contributed by atoms with Gasteiger partial charge in [-0.3, -0.25) is 0 Å². The van der Waals surface area contributed by atoms with Gasteiger partial charge in [0.05, 0.1) is 18.2 Å². The molecule has 2 amide bonds. The Labute approximate surface area is 142 Å². The van der Waals surface area contributed by atoms with Crippen LogP contribution in [0.1, 0.15) is 39.3 Å². The van der Waals surface area contributed by atoms with Crippen LogP contribution in [-0.2, 0) is 9.53 Å². The van der Waals surface area contributed by atoms with Crippen molar-refractivity contribution in [3.05, 3.63) is 41.1 Å². The Balaban J connectivity index is 2.35. The lowest BCUT2D eigenvalue weighted by Gasteiger charge is -2.28. The number of carbonyl (C=O) groups excluding carboxylic acids is 2. The number of carbonyl (C=O) groups is 2. The van der Waals surface area contributed by atoms with Crippen LogP contribution < -0.4 is 15.5 Å². The highest BCUT2D eigenvalue weighted by Gasteiger charge is 2.32. The normalized spacial score (nSPS) is 17.2. The minimum atomic E-state index is -0.511. The van der Waals surface area contributed by atoms with Crippen molar-refractivity contribution >= 4 is 17.7 Å². The molecule has 0 radical (unpaired) electrons. The second-order valence-electron chi connectivity index (χ2n) is 5.55. The maximum absolute atomic E-state index is 12.3. The van der Waals surface area contributed by atoms with E-state index in [1.165, 1.54) is 0 Å². The number of benzene rings is 1. The number of esters is 1. The van der Waals surface area contributed by atoms with Gasteiger partial charge in [-0.2, -0.15) is 0 Å². The van der Waals surface area contributed by atoms with E-state index in [-0.39, 0.29) is 12.6 Å². The zero-order valence-electron chi connectivity index (χ0n) is 14.7. The third-order valence-corrected chi connectivity index (χ3v) is 4.12. The summed E-state index contributed by atoms with van der Waals surface area (Å²) in [6.45, 7) is 9.82. The van der Waals surface area contributed by atoms with Crippen LogP contribution in [0, 0.1) is 0 Å². The number of anilines is 1. The predicted octanol–water partition coefficient (Wildman–Crippen LogP) is 2.72. The molecule has 0 unspecified atom stereocenters. The zero-order chi connectivity index (χ0) is 17.7. The first-order chi connectivity index (χ1) is 11.5.